The molecule has 0 aliphatic rings. The summed E-state index contributed by atoms with van der Waals surface area (Å²) in [5, 5.41) is 0.429. The quantitative estimate of drug-likeness (QED) is 0.668. The van der Waals surface area contributed by atoms with Gasteiger partial charge in [0.15, 0.2) is 0 Å². The van der Waals surface area contributed by atoms with Crippen molar-refractivity contribution in [3.8, 4) is 11.1 Å². The van der Waals surface area contributed by atoms with E-state index in [1.807, 2.05) is 6.26 Å². The topological polar surface area (TPSA) is 54.9 Å². The molecule has 0 fully saturated rings. The average molecular weight is 345 g/mol. The molecule has 0 atom stereocenters. The molecule has 0 aliphatic heterocycles. The van der Waals surface area contributed by atoms with Crippen LogP contribution in [0.25, 0.3) is 11.1 Å². The number of aromatic nitrogens is 2. The van der Waals surface area contributed by atoms with E-state index in [1.54, 1.807) is 36.0 Å². The summed E-state index contributed by atoms with van der Waals surface area (Å²) in [5.41, 5.74) is -0.171. The first-order valence-corrected chi connectivity index (χ1v) is 8.47. The molecule has 2 rings (SSSR count). The molecule has 2 aromatic rings. The van der Waals surface area contributed by atoms with Gasteiger partial charge in [0.2, 0.25) is 0 Å². The second-order valence-electron chi connectivity index (χ2n) is 4.40. The van der Waals surface area contributed by atoms with Gasteiger partial charge in [-0.15, -0.1) is 0 Å². The van der Waals surface area contributed by atoms with Crippen LogP contribution in [0.5, 0.6) is 0 Å². The van der Waals surface area contributed by atoms with Gasteiger partial charge in [-0.1, -0.05) is 41.4 Å². The van der Waals surface area contributed by atoms with Crippen LogP contribution in [0, 0.1) is 0 Å². The van der Waals surface area contributed by atoms with E-state index in [1.165, 1.54) is 4.57 Å². The third-order valence-corrected chi connectivity index (χ3v) is 4.32. The van der Waals surface area contributed by atoms with Crippen LogP contribution in [-0.4, -0.2) is 21.6 Å². The third kappa shape index (κ3) is 3.54. The van der Waals surface area contributed by atoms with Crippen LogP contribution in [-0.2, 0) is 6.54 Å². The smallest absolute Gasteiger partial charge is 0.297 e. The van der Waals surface area contributed by atoms with Crippen LogP contribution < -0.4 is 11.2 Å². The van der Waals surface area contributed by atoms with E-state index >= 15 is 0 Å². The highest BCUT2D eigenvalue weighted by molar-refractivity contribution is 7.98. The van der Waals surface area contributed by atoms with Gasteiger partial charge in [0, 0.05) is 17.1 Å². The lowest BCUT2D eigenvalue weighted by Crippen LogP contribution is -2.36. The van der Waals surface area contributed by atoms with Gasteiger partial charge in [-0.05, 0) is 24.5 Å². The summed E-state index contributed by atoms with van der Waals surface area (Å²) in [5.74, 6) is 0.871. The largest absolute Gasteiger partial charge is 0.329 e. The number of hydrogen-bond acceptors (Lipinski definition) is 3. The van der Waals surface area contributed by atoms with Gasteiger partial charge in [0.1, 0.15) is 5.15 Å². The molecule has 1 aromatic carbocycles. The van der Waals surface area contributed by atoms with Crippen LogP contribution in [0.3, 0.4) is 0 Å². The molecule has 0 unspecified atom stereocenters. The van der Waals surface area contributed by atoms with Gasteiger partial charge >= 0.3 is 5.69 Å². The number of halogens is 2. The van der Waals surface area contributed by atoms with Gasteiger partial charge in [-0.3, -0.25) is 14.3 Å². The van der Waals surface area contributed by atoms with E-state index in [2.05, 4.69) is 4.98 Å². The monoisotopic (exact) mass is 344 g/mol. The number of thioether (sulfide) groups is 1. The molecule has 0 aliphatic carbocycles. The summed E-state index contributed by atoms with van der Waals surface area (Å²) in [6.45, 7) is 0.351. The summed E-state index contributed by atoms with van der Waals surface area (Å²) in [7, 11) is 0. The summed E-state index contributed by atoms with van der Waals surface area (Å²) >= 11 is 13.8. The van der Waals surface area contributed by atoms with Crippen LogP contribution in [0.2, 0.25) is 10.2 Å². The molecular weight excluding hydrogens is 331 g/mol. The van der Waals surface area contributed by atoms with Gasteiger partial charge in [0.05, 0.1) is 5.56 Å². The van der Waals surface area contributed by atoms with Crippen LogP contribution in [0.1, 0.15) is 6.42 Å². The number of aromatic amines is 1. The summed E-state index contributed by atoms with van der Waals surface area (Å²) in [6, 6.07) is 6.91. The van der Waals surface area contributed by atoms with Crippen LogP contribution >= 0.6 is 35.0 Å². The number of H-pyrrole nitrogens is 1. The average Bonchev–Trinajstić information content (AvgIpc) is 2.44. The summed E-state index contributed by atoms with van der Waals surface area (Å²) in [6.07, 6.45) is 2.71. The minimum atomic E-state index is -0.498. The molecule has 0 amide bonds. The van der Waals surface area contributed by atoms with Gasteiger partial charge < -0.3 is 0 Å². The Morgan fingerprint density at radius 1 is 1.24 bits per heavy atom. The Hall–Kier alpha value is -1.17. The highest BCUT2D eigenvalue weighted by Gasteiger charge is 2.16. The van der Waals surface area contributed by atoms with E-state index in [0.29, 0.717) is 17.1 Å². The Labute approximate surface area is 136 Å². The molecule has 1 aromatic heterocycles. The molecule has 0 saturated heterocycles. The van der Waals surface area contributed by atoms with Crippen molar-refractivity contribution in [3.05, 3.63) is 55.3 Å². The maximum absolute atomic E-state index is 12.6. The predicted octanol–water partition coefficient (Wildman–Crippen LogP) is 3.26. The third-order valence-electron chi connectivity index (χ3n) is 3.01. The van der Waals surface area contributed by atoms with Crippen molar-refractivity contribution >= 4 is 35.0 Å². The fourth-order valence-corrected chi connectivity index (χ4v) is 2.92. The fraction of sp³-hybridized carbons (Fsp3) is 0.286. The molecule has 1 N–H and O–H groups in total. The number of benzene rings is 1. The Bertz CT molecular complexity index is 755. The van der Waals surface area contributed by atoms with Crippen molar-refractivity contribution in [2.45, 2.75) is 13.0 Å². The van der Waals surface area contributed by atoms with E-state index < -0.39 is 11.2 Å². The summed E-state index contributed by atoms with van der Waals surface area (Å²) < 4.78 is 1.17. The van der Waals surface area contributed by atoms with Crippen molar-refractivity contribution < 1.29 is 0 Å². The number of hydrogen-bond donors (Lipinski definition) is 1. The molecule has 0 radical (unpaired) electrons. The molecule has 0 spiro atoms. The second-order valence-corrected chi connectivity index (χ2v) is 6.17. The number of rotatable bonds is 5. The van der Waals surface area contributed by atoms with Gasteiger partial charge in [-0.2, -0.15) is 11.8 Å². The molecule has 112 valence electrons. The minimum absolute atomic E-state index is 0.0132. The van der Waals surface area contributed by atoms with Crippen molar-refractivity contribution in [2.24, 2.45) is 0 Å². The lowest BCUT2D eigenvalue weighted by molar-refractivity contribution is 0.620. The zero-order chi connectivity index (χ0) is 15.4. The lowest BCUT2D eigenvalue weighted by atomic mass is 10.1. The van der Waals surface area contributed by atoms with E-state index in [0.717, 1.165) is 12.2 Å². The zero-order valence-corrected chi connectivity index (χ0v) is 13.7. The first kappa shape index (κ1) is 16.2. The normalized spacial score (nSPS) is 10.8. The molecule has 1 heterocycles. The SMILES string of the molecule is CSCCCn1c(=O)[nH]c(Cl)c(-c2ccccc2Cl)c1=O. The zero-order valence-electron chi connectivity index (χ0n) is 11.4. The molecule has 4 nitrogen and oxygen atoms in total. The van der Waals surface area contributed by atoms with Crippen LogP contribution in [0.4, 0.5) is 0 Å². The van der Waals surface area contributed by atoms with E-state index in [9.17, 15) is 9.59 Å². The maximum atomic E-state index is 12.6. The first-order valence-electron chi connectivity index (χ1n) is 6.32. The van der Waals surface area contributed by atoms with Crippen LogP contribution in [0.15, 0.2) is 33.9 Å². The van der Waals surface area contributed by atoms with E-state index in [-0.39, 0.29) is 10.7 Å². The Morgan fingerprint density at radius 2 is 1.95 bits per heavy atom. The van der Waals surface area contributed by atoms with Crippen molar-refractivity contribution in [1.29, 1.82) is 0 Å². The highest BCUT2D eigenvalue weighted by Crippen LogP contribution is 2.28. The summed E-state index contributed by atoms with van der Waals surface area (Å²) in [4.78, 5) is 27.0. The van der Waals surface area contributed by atoms with Gasteiger partial charge in [0.25, 0.3) is 5.56 Å². The van der Waals surface area contributed by atoms with Gasteiger partial charge in [-0.25, -0.2) is 4.79 Å². The second kappa shape index (κ2) is 7.20. The molecule has 21 heavy (non-hydrogen) atoms. The Morgan fingerprint density at radius 3 is 2.62 bits per heavy atom. The lowest BCUT2D eigenvalue weighted by Gasteiger charge is -2.10. The maximum Gasteiger partial charge on any atom is 0.329 e. The highest BCUT2D eigenvalue weighted by atomic mass is 35.5. The standard InChI is InChI=1S/C14H14Cl2N2O2S/c1-21-8-4-7-18-13(19)11(12(16)17-14(18)20)9-5-2-3-6-10(9)15/h2-3,5-6H,4,7-8H2,1H3,(H,17,20). The van der Waals surface area contributed by atoms with Crippen molar-refractivity contribution in [2.75, 3.05) is 12.0 Å². The van der Waals surface area contributed by atoms with Crippen molar-refractivity contribution in [1.82, 2.24) is 9.55 Å². The number of nitrogens with one attached hydrogen (secondary N) is 1. The number of nitrogens with zero attached hydrogens (tertiary/aromatic N) is 1. The minimum Gasteiger partial charge on any atom is -0.297 e. The molecule has 7 heteroatoms. The fourth-order valence-electron chi connectivity index (χ4n) is 2.01. The van der Waals surface area contributed by atoms with E-state index in [4.69, 9.17) is 23.2 Å². The first-order chi connectivity index (χ1) is 10.1. The molecule has 0 bridgehead atoms. The molecule has 0 saturated carbocycles. The molecular formula is C14H14Cl2N2O2S. The predicted molar refractivity (Wildman–Crippen MR) is 89.8 cm³/mol. The Balaban J connectivity index is 2.57. The Kier molecular flexibility index (Phi) is 5.56. The van der Waals surface area contributed by atoms with Crippen molar-refractivity contribution in [3.63, 3.8) is 0 Å².